The fourth-order valence-corrected chi connectivity index (χ4v) is 3.15. The molecule has 26 heavy (non-hydrogen) atoms. The largest absolute Gasteiger partial charge is 0.395 e. The third kappa shape index (κ3) is 3.49. The first kappa shape index (κ1) is 18.2. The molecule has 0 spiro atoms. The Morgan fingerprint density at radius 2 is 0.923 bits per heavy atom. The molecule has 3 aromatic carbocycles. The van der Waals surface area contributed by atoms with Crippen LogP contribution in [0, 0.1) is 17.5 Å². The Morgan fingerprint density at radius 3 is 1.19 bits per heavy atom. The Labute approximate surface area is 149 Å². The Hall–Kier alpha value is -2.63. The molecule has 0 aromatic heterocycles. The third-order valence-corrected chi connectivity index (χ3v) is 4.33. The summed E-state index contributed by atoms with van der Waals surface area (Å²) in [5.41, 5.74) is 1.05. The van der Waals surface area contributed by atoms with Crippen LogP contribution in [0.3, 0.4) is 0 Å². The monoisotopic (exact) mass is 357 g/mol. The minimum atomic E-state index is -1.00. The van der Waals surface area contributed by atoms with Crippen LogP contribution in [0.1, 0.15) is 16.7 Å². The number of aliphatic hydroxyl groups excluding tert-OH is 1. The van der Waals surface area contributed by atoms with Crippen molar-refractivity contribution in [2.45, 2.75) is 5.54 Å². The molecular formula is C21H18F3NO. The molecule has 0 amide bonds. The van der Waals surface area contributed by atoms with E-state index in [1.165, 1.54) is 36.4 Å². The van der Waals surface area contributed by atoms with E-state index in [0.717, 1.165) is 0 Å². The van der Waals surface area contributed by atoms with Crippen LogP contribution in [0.2, 0.25) is 0 Å². The van der Waals surface area contributed by atoms with Gasteiger partial charge in [-0.2, -0.15) is 0 Å². The van der Waals surface area contributed by atoms with Gasteiger partial charge in [0.1, 0.15) is 17.5 Å². The van der Waals surface area contributed by atoms with E-state index in [9.17, 15) is 18.3 Å². The normalized spacial score (nSPS) is 11.5. The van der Waals surface area contributed by atoms with Gasteiger partial charge in [0.05, 0.1) is 12.1 Å². The molecule has 0 radical (unpaired) electrons. The molecule has 2 N–H and O–H groups in total. The number of rotatable bonds is 6. The van der Waals surface area contributed by atoms with Crippen LogP contribution < -0.4 is 5.32 Å². The number of aliphatic hydroxyl groups is 1. The van der Waals surface area contributed by atoms with Crippen molar-refractivity contribution in [3.8, 4) is 0 Å². The molecule has 3 aromatic rings. The fraction of sp³-hybridized carbons (Fsp3) is 0.143. The van der Waals surface area contributed by atoms with E-state index < -0.39 is 5.54 Å². The summed E-state index contributed by atoms with van der Waals surface area (Å²) in [4.78, 5) is 0. The van der Waals surface area contributed by atoms with E-state index in [4.69, 9.17) is 0 Å². The van der Waals surface area contributed by atoms with Crippen LogP contribution in [-0.2, 0) is 5.54 Å². The van der Waals surface area contributed by atoms with Gasteiger partial charge in [0.2, 0.25) is 0 Å². The topological polar surface area (TPSA) is 32.3 Å². The molecule has 0 fully saturated rings. The first-order valence-electron chi connectivity index (χ1n) is 8.20. The summed E-state index contributed by atoms with van der Waals surface area (Å²) in [7, 11) is 0. The Bertz CT molecular complexity index is 735. The third-order valence-electron chi connectivity index (χ3n) is 4.33. The second-order valence-corrected chi connectivity index (χ2v) is 5.92. The lowest BCUT2D eigenvalue weighted by molar-refractivity contribution is 0.277. The molecule has 0 aliphatic carbocycles. The van der Waals surface area contributed by atoms with E-state index >= 15 is 0 Å². The van der Waals surface area contributed by atoms with Gasteiger partial charge in [0, 0.05) is 6.54 Å². The lowest BCUT2D eigenvalue weighted by Crippen LogP contribution is -2.45. The minimum Gasteiger partial charge on any atom is -0.395 e. The van der Waals surface area contributed by atoms with Crippen LogP contribution in [-0.4, -0.2) is 18.3 Å². The van der Waals surface area contributed by atoms with E-state index in [1.807, 2.05) is 0 Å². The van der Waals surface area contributed by atoms with Crippen molar-refractivity contribution in [3.05, 3.63) is 107 Å². The summed E-state index contributed by atoms with van der Waals surface area (Å²) in [6.45, 7) is 0.0947. The predicted octanol–water partition coefficient (Wildman–Crippen LogP) is 3.98. The van der Waals surface area contributed by atoms with Crippen LogP contribution in [0.5, 0.6) is 0 Å². The van der Waals surface area contributed by atoms with Gasteiger partial charge < -0.3 is 5.11 Å². The SMILES string of the molecule is OCCNC(c1ccc(F)cc1)(c1ccc(F)cc1)c1ccc(F)cc1. The molecule has 0 aliphatic heterocycles. The van der Waals surface area contributed by atoms with Gasteiger partial charge in [-0.15, -0.1) is 0 Å². The lowest BCUT2D eigenvalue weighted by atomic mass is 9.77. The smallest absolute Gasteiger partial charge is 0.123 e. The van der Waals surface area contributed by atoms with Gasteiger partial charge in [0.15, 0.2) is 0 Å². The molecular weight excluding hydrogens is 339 g/mol. The van der Waals surface area contributed by atoms with Gasteiger partial charge in [0.25, 0.3) is 0 Å². The highest BCUT2D eigenvalue weighted by atomic mass is 19.1. The fourth-order valence-electron chi connectivity index (χ4n) is 3.15. The molecule has 0 saturated carbocycles. The molecule has 0 bridgehead atoms. The molecule has 5 heteroatoms. The number of hydrogen-bond acceptors (Lipinski definition) is 2. The van der Waals surface area contributed by atoms with Gasteiger partial charge in [-0.1, -0.05) is 36.4 Å². The lowest BCUT2D eigenvalue weighted by Gasteiger charge is -2.37. The maximum Gasteiger partial charge on any atom is 0.123 e. The molecule has 0 heterocycles. The van der Waals surface area contributed by atoms with Gasteiger partial charge in [-0.25, -0.2) is 13.2 Å². The molecule has 0 unspecified atom stereocenters. The molecule has 134 valence electrons. The summed E-state index contributed by atoms with van der Waals surface area (Å²) in [5.74, 6) is -1.16. The van der Waals surface area contributed by atoms with Gasteiger partial charge >= 0.3 is 0 Å². The zero-order chi connectivity index (χ0) is 18.6. The Kier molecular flexibility index (Phi) is 5.40. The van der Waals surface area contributed by atoms with Crippen molar-refractivity contribution >= 4 is 0 Å². The van der Waals surface area contributed by atoms with Gasteiger partial charge in [-0.05, 0) is 53.1 Å². The highest BCUT2D eigenvalue weighted by Crippen LogP contribution is 2.37. The van der Waals surface area contributed by atoms with E-state index in [-0.39, 0.29) is 30.6 Å². The second-order valence-electron chi connectivity index (χ2n) is 5.92. The summed E-state index contributed by atoms with van der Waals surface area (Å²) in [6, 6.07) is 17.7. The minimum absolute atomic E-state index is 0.134. The van der Waals surface area contributed by atoms with Crippen molar-refractivity contribution in [1.29, 1.82) is 0 Å². The summed E-state index contributed by atoms with van der Waals surface area (Å²) >= 11 is 0. The van der Waals surface area contributed by atoms with Crippen molar-refractivity contribution < 1.29 is 18.3 Å². The van der Waals surface area contributed by atoms with Crippen LogP contribution >= 0.6 is 0 Å². The number of benzene rings is 3. The molecule has 0 atom stereocenters. The molecule has 2 nitrogen and oxygen atoms in total. The maximum atomic E-state index is 13.5. The highest BCUT2D eigenvalue weighted by molar-refractivity contribution is 5.49. The van der Waals surface area contributed by atoms with Crippen LogP contribution in [0.15, 0.2) is 72.8 Å². The average Bonchev–Trinajstić information content (AvgIpc) is 2.66. The quantitative estimate of drug-likeness (QED) is 0.654. The zero-order valence-corrected chi connectivity index (χ0v) is 13.9. The Morgan fingerprint density at radius 1 is 0.615 bits per heavy atom. The molecule has 3 rings (SSSR count). The first-order valence-corrected chi connectivity index (χ1v) is 8.20. The van der Waals surface area contributed by atoms with Crippen molar-refractivity contribution in [2.75, 3.05) is 13.2 Å². The van der Waals surface area contributed by atoms with Gasteiger partial charge in [-0.3, -0.25) is 5.32 Å². The van der Waals surface area contributed by atoms with Crippen molar-refractivity contribution in [2.24, 2.45) is 0 Å². The summed E-state index contributed by atoms with van der Waals surface area (Å²) < 4.78 is 40.4. The molecule has 0 aliphatic rings. The standard InChI is InChI=1S/C21H18F3NO/c22-18-7-1-15(2-8-18)21(25-13-14-26,16-3-9-19(23)10-4-16)17-5-11-20(24)12-6-17/h1-12,25-26H,13-14H2. The number of hydrogen-bond donors (Lipinski definition) is 2. The average molecular weight is 357 g/mol. The molecule has 0 saturated heterocycles. The second kappa shape index (κ2) is 7.72. The van der Waals surface area contributed by atoms with Crippen LogP contribution in [0.4, 0.5) is 13.2 Å². The zero-order valence-electron chi connectivity index (χ0n) is 13.9. The predicted molar refractivity (Wildman–Crippen MR) is 94.2 cm³/mol. The summed E-state index contributed by atoms with van der Waals surface area (Å²) in [6.07, 6.45) is 0. The summed E-state index contributed by atoms with van der Waals surface area (Å²) in [5, 5.41) is 12.6. The van der Waals surface area contributed by atoms with Crippen molar-refractivity contribution in [1.82, 2.24) is 5.32 Å². The van der Waals surface area contributed by atoms with E-state index in [2.05, 4.69) is 5.32 Å². The highest BCUT2D eigenvalue weighted by Gasteiger charge is 2.36. The van der Waals surface area contributed by atoms with E-state index in [1.54, 1.807) is 36.4 Å². The number of halogens is 3. The van der Waals surface area contributed by atoms with E-state index in [0.29, 0.717) is 16.7 Å². The first-order chi connectivity index (χ1) is 12.6. The Balaban J connectivity index is 2.27. The van der Waals surface area contributed by atoms with Crippen LogP contribution in [0.25, 0.3) is 0 Å². The van der Waals surface area contributed by atoms with Crippen molar-refractivity contribution in [3.63, 3.8) is 0 Å². The number of nitrogens with one attached hydrogen (secondary N) is 1. The maximum absolute atomic E-state index is 13.5.